The third-order valence-corrected chi connectivity index (χ3v) is 2.88. The first-order chi connectivity index (χ1) is 11.5. The number of esters is 2. The Morgan fingerprint density at radius 3 is 2.17 bits per heavy atom. The first-order valence-electron chi connectivity index (χ1n) is 7.11. The summed E-state index contributed by atoms with van der Waals surface area (Å²) in [6.45, 7) is 4.24. The second-order valence-corrected chi connectivity index (χ2v) is 4.55. The molecular weight excluding hydrogens is 316 g/mol. The number of urea groups is 1. The number of amides is 2. The molecule has 2 amide bonds. The average molecular weight is 336 g/mol. The van der Waals surface area contributed by atoms with Crippen LogP contribution in [0.25, 0.3) is 0 Å². The molecule has 0 atom stereocenters. The van der Waals surface area contributed by atoms with Crippen LogP contribution in [0.5, 0.6) is 0 Å². The van der Waals surface area contributed by atoms with Gasteiger partial charge in [0, 0.05) is 12.2 Å². The van der Waals surface area contributed by atoms with Crippen molar-refractivity contribution in [1.29, 1.82) is 0 Å². The van der Waals surface area contributed by atoms with Crippen molar-refractivity contribution in [2.24, 2.45) is 0 Å². The van der Waals surface area contributed by atoms with E-state index in [0.29, 0.717) is 19.6 Å². The van der Waals surface area contributed by atoms with Crippen molar-refractivity contribution in [2.75, 3.05) is 32.7 Å². The predicted molar refractivity (Wildman–Crippen MR) is 86.9 cm³/mol. The van der Waals surface area contributed by atoms with Crippen LogP contribution in [0.3, 0.4) is 0 Å². The highest BCUT2D eigenvalue weighted by Gasteiger charge is 2.14. The Bertz CT molecular complexity index is 580. The summed E-state index contributed by atoms with van der Waals surface area (Å²) in [4.78, 5) is 35.2. The number of hydrogen-bond donors (Lipinski definition) is 2. The molecule has 8 heteroatoms. The van der Waals surface area contributed by atoms with E-state index in [0.717, 1.165) is 0 Å². The van der Waals surface area contributed by atoms with Crippen molar-refractivity contribution in [3.05, 3.63) is 42.2 Å². The largest absolute Gasteiger partial charge is 0.502 e. The second-order valence-electron chi connectivity index (χ2n) is 4.55. The van der Waals surface area contributed by atoms with Gasteiger partial charge in [-0.1, -0.05) is 6.58 Å². The average Bonchev–Trinajstić information content (AvgIpc) is 2.59. The van der Waals surface area contributed by atoms with E-state index in [1.54, 1.807) is 0 Å². The SMILES string of the molecule is C=COCCCNC(=O)Nc1cc(C(=O)OC)cc(C(=O)OC)c1. The quantitative estimate of drug-likeness (QED) is 0.427. The number of benzene rings is 1. The third-order valence-electron chi connectivity index (χ3n) is 2.88. The fourth-order valence-corrected chi connectivity index (χ4v) is 1.79. The van der Waals surface area contributed by atoms with Gasteiger partial charge in [0.1, 0.15) is 0 Å². The maximum absolute atomic E-state index is 11.8. The zero-order chi connectivity index (χ0) is 17.9. The summed E-state index contributed by atoms with van der Waals surface area (Å²) in [5.74, 6) is -1.27. The van der Waals surface area contributed by atoms with Crippen molar-refractivity contribution in [2.45, 2.75) is 6.42 Å². The van der Waals surface area contributed by atoms with E-state index in [1.807, 2.05) is 0 Å². The molecule has 0 saturated heterocycles. The molecule has 0 unspecified atom stereocenters. The third kappa shape index (κ3) is 5.99. The number of rotatable bonds is 8. The summed E-state index contributed by atoms with van der Waals surface area (Å²) in [7, 11) is 2.44. The van der Waals surface area contributed by atoms with E-state index < -0.39 is 18.0 Å². The normalized spacial score (nSPS) is 9.58. The molecule has 0 bridgehead atoms. The van der Waals surface area contributed by atoms with Gasteiger partial charge in [0.25, 0.3) is 0 Å². The van der Waals surface area contributed by atoms with Crippen molar-refractivity contribution in [1.82, 2.24) is 5.32 Å². The van der Waals surface area contributed by atoms with Crippen molar-refractivity contribution >= 4 is 23.7 Å². The van der Waals surface area contributed by atoms with E-state index in [9.17, 15) is 14.4 Å². The minimum absolute atomic E-state index is 0.120. The van der Waals surface area contributed by atoms with Crippen LogP contribution in [-0.4, -0.2) is 45.3 Å². The highest BCUT2D eigenvalue weighted by Crippen LogP contribution is 2.17. The number of ether oxygens (including phenoxy) is 3. The van der Waals surface area contributed by atoms with E-state index in [1.165, 1.54) is 38.7 Å². The Morgan fingerprint density at radius 1 is 1.08 bits per heavy atom. The van der Waals surface area contributed by atoms with Crippen LogP contribution in [-0.2, 0) is 14.2 Å². The van der Waals surface area contributed by atoms with Crippen molar-refractivity contribution in [3.8, 4) is 0 Å². The molecule has 0 fully saturated rings. The van der Waals surface area contributed by atoms with Gasteiger partial charge in [-0.3, -0.25) is 0 Å². The molecular formula is C16H20N2O6. The molecule has 0 heterocycles. The molecule has 0 aliphatic rings. The van der Waals surface area contributed by atoms with Gasteiger partial charge in [-0.15, -0.1) is 0 Å². The second kappa shape index (κ2) is 9.88. The Hall–Kier alpha value is -3.03. The number of hydrogen-bond acceptors (Lipinski definition) is 6. The number of nitrogens with one attached hydrogen (secondary N) is 2. The lowest BCUT2D eigenvalue weighted by Crippen LogP contribution is -2.30. The van der Waals surface area contributed by atoms with Gasteiger partial charge in [0.05, 0.1) is 38.2 Å². The van der Waals surface area contributed by atoms with Gasteiger partial charge >= 0.3 is 18.0 Å². The summed E-state index contributed by atoms with van der Waals surface area (Å²) >= 11 is 0. The zero-order valence-electron chi connectivity index (χ0n) is 13.6. The van der Waals surface area contributed by atoms with Gasteiger partial charge in [0.15, 0.2) is 0 Å². The lowest BCUT2D eigenvalue weighted by atomic mass is 10.1. The van der Waals surface area contributed by atoms with Crippen LogP contribution < -0.4 is 10.6 Å². The molecule has 8 nitrogen and oxygen atoms in total. The maximum Gasteiger partial charge on any atom is 0.337 e. The molecule has 1 aromatic rings. The molecule has 130 valence electrons. The zero-order valence-corrected chi connectivity index (χ0v) is 13.6. The number of carbonyl (C=O) groups is 3. The van der Waals surface area contributed by atoms with E-state index in [2.05, 4.69) is 26.7 Å². The lowest BCUT2D eigenvalue weighted by molar-refractivity contribution is 0.0599. The van der Waals surface area contributed by atoms with Crippen LogP contribution in [0.15, 0.2) is 31.0 Å². The van der Waals surface area contributed by atoms with Crippen molar-refractivity contribution in [3.63, 3.8) is 0 Å². The topological polar surface area (TPSA) is 103 Å². The molecule has 1 aromatic carbocycles. The summed E-state index contributed by atoms with van der Waals surface area (Å²) < 4.78 is 14.2. The minimum atomic E-state index is -0.634. The first-order valence-corrected chi connectivity index (χ1v) is 7.11. The van der Waals surface area contributed by atoms with Crippen LogP contribution in [0.1, 0.15) is 27.1 Å². The highest BCUT2D eigenvalue weighted by molar-refractivity contribution is 5.99. The highest BCUT2D eigenvalue weighted by atomic mass is 16.5. The van der Waals surface area contributed by atoms with Gasteiger partial charge in [-0.25, -0.2) is 14.4 Å². The van der Waals surface area contributed by atoms with E-state index in [-0.39, 0.29) is 16.8 Å². The van der Waals surface area contributed by atoms with Crippen molar-refractivity contribution < 1.29 is 28.6 Å². The minimum Gasteiger partial charge on any atom is -0.502 e. The van der Waals surface area contributed by atoms with Gasteiger partial charge in [-0.05, 0) is 24.6 Å². The Balaban J connectivity index is 2.78. The monoisotopic (exact) mass is 336 g/mol. The molecule has 0 spiro atoms. The van der Waals surface area contributed by atoms with Gasteiger partial charge in [0.2, 0.25) is 0 Å². The number of carbonyl (C=O) groups excluding carboxylic acids is 3. The van der Waals surface area contributed by atoms with Gasteiger partial charge in [-0.2, -0.15) is 0 Å². The smallest absolute Gasteiger partial charge is 0.337 e. The summed E-state index contributed by atoms with van der Waals surface area (Å²) in [6, 6.07) is 3.65. The van der Waals surface area contributed by atoms with Crippen LogP contribution in [0.2, 0.25) is 0 Å². The molecule has 2 N–H and O–H groups in total. The van der Waals surface area contributed by atoms with Crippen LogP contribution in [0, 0.1) is 0 Å². The lowest BCUT2D eigenvalue weighted by Gasteiger charge is -2.10. The van der Waals surface area contributed by atoms with E-state index in [4.69, 9.17) is 4.74 Å². The molecule has 1 rings (SSSR count). The van der Waals surface area contributed by atoms with E-state index >= 15 is 0 Å². The summed E-state index contributed by atoms with van der Waals surface area (Å²) in [6.07, 6.45) is 1.93. The Kier molecular flexibility index (Phi) is 7.83. The molecule has 0 aliphatic heterocycles. The van der Waals surface area contributed by atoms with Gasteiger partial charge < -0.3 is 24.8 Å². The number of methoxy groups -OCH3 is 2. The Labute approximate surface area is 139 Å². The fraction of sp³-hybridized carbons (Fsp3) is 0.312. The standard InChI is InChI=1S/C16H20N2O6/c1-4-24-7-5-6-17-16(21)18-13-9-11(14(19)22-2)8-12(10-13)15(20)23-3/h4,8-10H,1,5-7H2,2-3H3,(H2,17,18,21). The molecule has 0 radical (unpaired) electrons. The summed E-state index contributed by atoms with van der Waals surface area (Å²) in [5.41, 5.74) is 0.503. The molecule has 0 saturated carbocycles. The first kappa shape index (κ1) is 19.0. The Morgan fingerprint density at radius 2 is 1.67 bits per heavy atom. The van der Waals surface area contributed by atoms with Crippen LogP contribution >= 0.6 is 0 Å². The summed E-state index contributed by atoms with van der Waals surface area (Å²) in [5, 5.41) is 5.16. The molecule has 24 heavy (non-hydrogen) atoms. The maximum atomic E-state index is 11.8. The predicted octanol–water partition coefficient (Wildman–Crippen LogP) is 1.93. The molecule has 0 aromatic heterocycles. The molecule has 0 aliphatic carbocycles. The fourth-order valence-electron chi connectivity index (χ4n) is 1.79. The number of anilines is 1. The van der Waals surface area contributed by atoms with Crippen LogP contribution in [0.4, 0.5) is 10.5 Å².